The Morgan fingerprint density at radius 3 is 2.83 bits per heavy atom. The summed E-state index contributed by atoms with van der Waals surface area (Å²) in [4.78, 5) is 0. The molecule has 3 heteroatoms. The molecule has 1 fully saturated rings. The Bertz CT molecular complexity index is 361. The van der Waals surface area contributed by atoms with Crippen molar-refractivity contribution in [1.82, 2.24) is 5.32 Å². The molecular weight excluding hydrogens is 246 g/mol. The predicted octanol–water partition coefficient (Wildman–Crippen LogP) is 3.69. The quantitative estimate of drug-likeness (QED) is 0.876. The van der Waals surface area contributed by atoms with Gasteiger partial charge in [0.25, 0.3) is 0 Å². The van der Waals surface area contributed by atoms with Gasteiger partial charge in [0.05, 0.1) is 6.10 Å². The van der Waals surface area contributed by atoms with Gasteiger partial charge in [-0.25, -0.2) is 0 Å². The molecule has 0 spiro atoms. The number of nitrogens with one attached hydrogen (secondary N) is 1. The molecule has 100 valence electrons. The molecule has 2 nitrogen and oxygen atoms in total. The normalized spacial score (nSPS) is 23.1. The van der Waals surface area contributed by atoms with Crippen LogP contribution in [0.15, 0.2) is 24.3 Å². The molecule has 1 heterocycles. The molecule has 0 aromatic heterocycles. The summed E-state index contributed by atoms with van der Waals surface area (Å²) in [6.45, 7) is 1.07. The van der Waals surface area contributed by atoms with Crippen molar-refractivity contribution in [2.24, 2.45) is 0 Å². The van der Waals surface area contributed by atoms with Crippen LogP contribution in [0.25, 0.3) is 0 Å². The second-order valence-electron chi connectivity index (χ2n) is 5.13. The van der Waals surface area contributed by atoms with Gasteiger partial charge in [-0.15, -0.1) is 0 Å². The van der Waals surface area contributed by atoms with Gasteiger partial charge in [-0.05, 0) is 37.4 Å². The second kappa shape index (κ2) is 7.13. The zero-order valence-electron chi connectivity index (χ0n) is 10.7. The first kappa shape index (κ1) is 13.9. The lowest BCUT2D eigenvalue weighted by molar-refractivity contribution is 0.147. The maximum Gasteiger partial charge on any atom is 0.0819 e. The predicted molar refractivity (Wildman–Crippen MR) is 75.9 cm³/mol. The van der Waals surface area contributed by atoms with Gasteiger partial charge in [0, 0.05) is 11.1 Å². The Hall–Kier alpha value is -0.570. The van der Waals surface area contributed by atoms with Crippen LogP contribution in [0.5, 0.6) is 0 Å². The lowest BCUT2D eigenvalue weighted by Gasteiger charge is -2.24. The zero-order chi connectivity index (χ0) is 12.8. The van der Waals surface area contributed by atoms with E-state index in [-0.39, 0.29) is 0 Å². The number of rotatable bonds is 3. The van der Waals surface area contributed by atoms with E-state index in [4.69, 9.17) is 11.6 Å². The lowest BCUT2D eigenvalue weighted by atomic mass is 9.96. The third-order valence-corrected chi connectivity index (χ3v) is 4.03. The smallest absolute Gasteiger partial charge is 0.0819 e. The van der Waals surface area contributed by atoms with Gasteiger partial charge in [0.15, 0.2) is 0 Å². The van der Waals surface area contributed by atoms with Gasteiger partial charge >= 0.3 is 0 Å². The molecule has 0 bridgehead atoms. The highest BCUT2D eigenvalue weighted by molar-refractivity contribution is 6.31. The van der Waals surface area contributed by atoms with Crippen LogP contribution in [0.4, 0.5) is 0 Å². The molecule has 18 heavy (non-hydrogen) atoms. The van der Waals surface area contributed by atoms with Crippen molar-refractivity contribution in [1.29, 1.82) is 0 Å². The van der Waals surface area contributed by atoms with Crippen LogP contribution < -0.4 is 5.32 Å². The van der Waals surface area contributed by atoms with Crippen molar-refractivity contribution in [2.45, 2.75) is 50.7 Å². The van der Waals surface area contributed by atoms with Crippen LogP contribution in [0.2, 0.25) is 5.02 Å². The molecule has 0 amide bonds. The number of hydrogen-bond acceptors (Lipinski definition) is 2. The van der Waals surface area contributed by atoms with Gasteiger partial charge in [-0.3, -0.25) is 0 Å². The molecule has 1 aliphatic heterocycles. The average molecular weight is 268 g/mol. The second-order valence-corrected chi connectivity index (χ2v) is 5.53. The molecule has 2 rings (SSSR count). The van der Waals surface area contributed by atoms with E-state index in [2.05, 4.69) is 5.32 Å². The van der Waals surface area contributed by atoms with E-state index in [1.807, 2.05) is 24.3 Å². The van der Waals surface area contributed by atoms with Crippen LogP contribution >= 0.6 is 11.6 Å². The Morgan fingerprint density at radius 2 is 2.00 bits per heavy atom. The maximum atomic E-state index is 10.3. The molecule has 0 aliphatic carbocycles. The Labute approximate surface area is 114 Å². The topological polar surface area (TPSA) is 32.3 Å². The number of hydrogen-bond donors (Lipinski definition) is 2. The lowest BCUT2D eigenvalue weighted by Crippen LogP contribution is -2.32. The van der Waals surface area contributed by atoms with Crippen molar-refractivity contribution in [3.8, 4) is 0 Å². The Morgan fingerprint density at radius 1 is 1.22 bits per heavy atom. The van der Waals surface area contributed by atoms with Crippen LogP contribution in [0.1, 0.15) is 50.2 Å². The first-order valence-corrected chi connectivity index (χ1v) is 7.31. The van der Waals surface area contributed by atoms with E-state index in [0.29, 0.717) is 11.1 Å². The Kier molecular flexibility index (Phi) is 5.48. The average Bonchev–Trinajstić information content (AvgIpc) is 2.33. The van der Waals surface area contributed by atoms with Crippen molar-refractivity contribution in [3.05, 3.63) is 34.9 Å². The summed E-state index contributed by atoms with van der Waals surface area (Å²) in [7, 11) is 0. The number of aliphatic hydroxyl groups is 1. The molecule has 1 aromatic carbocycles. The summed E-state index contributed by atoms with van der Waals surface area (Å²) in [5.41, 5.74) is 0.850. The first-order chi connectivity index (χ1) is 8.77. The third kappa shape index (κ3) is 3.98. The molecule has 2 atom stereocenters. The summed E-state index contributed by atoms with van der Waals surface area (Å²) < 4.78 is 0. The van der Waals surface area contributed by atoms with Gasteiger partial charge in [-0.2, -0.15) is 0 Å². The summed E-state index contributed by atoms with van der Waals surface area (Å²) in [6, 6.07) is 7.99. The SMILES string of the molecule is OC(CC1CCCCCCN1)c1ccccc1Cl. The van der Waals surface area contributed by atoms with Crippen molar-refractivity contribution in [2.75, 3.05) is 6.54 Å². The van der Waals surface area contributed by atoms with Crippen LogP contribution in [-0.2, 0) is 0 Å². The monoisotopic (exact) mass is 267 g/mol. The summed E-state index contributed by atoms with van der Waals surface area (Å²) in [5, 5.41) is 14.5. The fraction of sp³-hybridized carbons (Fsp3) is 0.600. The molecule has 0 saturated carbocycles. The number of benzene rings is 1. The highest BCUT2D eigenvalue weighted by Gasteiger charge is 2.18. The highest BCUT2D eigenvalue weighted by Crippen LogP contribution is 2.27. The molecule has 2 unspecified atom stereocenters. The molecular formula is C15H22ClNO. The van der Waals surface area contributed by atoms with Gasteiger partial charge < -0.3 is 10.4 Å². The van der Waals surface area contributed by atoms with E-state index in [9.17, 15) is 5.11 Å². The van der Waals surface area contributed by atoms with Gasteiger partial charge in [0.1, 0.15) is 0 Å². The summed E-state index contributed by atoms with van der Waals surface area (Å²) in [5.74, 6) is 0. The molecule has 1 aromatic rings. The van der Waals surface area contributed by atoms with Crippen LogP contribution in [0, 0.1) is 0 Å². The summed E-state index contributed by atoms with van der Waals surface area (Å²) in [6.07, 6.45) is 6.60. The molecule has 1 aliphatic rings. The zero-order valence-corrected chi connectivity index (χ0v) is 11.5. The van der Waals surface area contributed by atoms with E-state index < -0.39 is 6.10 Å². The van der Waals surface area contributed by atoms with E-state index in [1.54, 1.807) is 0 Å². The maximum absolute atomic E-state index is 10.3. The third-order valence-electron chi connectivity index (χ3n) is 3.68. The van der Waals surface area contributed by atoms with E-state index in [0.717, 1.165) is 24.9 Å². The summed E-state index contributed by atoms with van der Waals surface area (Å²) >= 11 is 6.11. The van der Waals surface area contributed by atoms with Crippen molar-refractivity contribution >= 4 is 11.6 Å². The molecule has 1 saturated heterocycles. The van der Waals surface area contributed by atoms with E-state index >= 15 is 0 Å². The molecule has 2 N–H and O–H groups in total. The van der Waals surface area contributed by atoms with Crippen molar-refractivity contribution in [3.63, 3.8) is 0 Å². The van der Waals surface area contributed by atoms with E-state index in [1.165, 1.54) is 25.7 Å². The molecule has 0 radical (unpaired) electrons. The number of halogens is 1. The van der Waals surface area contributed by atoms with Gasteiger partial charge in [-0.1, -0.05) is 49.1 Å². The minimum absolute atomic E-state index is 0.413. The fourth-order valence-electron chi connectivity index (χ4n) is 2.62. The fourth-order valence-corrected chi connectivity index (χ4v) is 2.88. The number of aliphatic hydroxyl groups excluding tert-OH is 1. The van der Waals surface area contributed by atoms with Crippen LogP contribution in [0.3, 0.4) is 0 Å². The minimum atomic E-state index is -0.462. The minimum Gasteiger partial charge on any atom is -0.388 e. The standard InChI is InChI=1S/C15H22ClNO/c16-14-9-5-4-8-13(14)15(18)11-12-7-3-1-2-6-10-17-12/h4-5,8-9,12,15,17-18H,1-3,6-7,10-11H2. The Balaban J connectivity index is 1.93. The first-order valence-electron chi connectivity index (χ1n) is 6.93. The van der Waals surface area contributed by atoms with Crippen LogP contribution in [-0.4, -0.2) is 17.7 Å². The highest BCUT2D eigenvalue weighted by atomic mass is 35.5. The van der Waals surface area contributed by atoms with Crippen molar-refractivity contribution < 1.29 is 5.11 Å². The largest absolute Gasteiger partial charge is 0.388 e. The van der Waals surface area contributed by atoms with Gasteiger partial charge in [0.2, 0.25) is 0 Å².